The summed E-state index contributed by atoms with van der Waals surface area (Å²) in [5.74, 6) is -0.341. The van der Waals surface area contributed by atoms with Crippen LogP contribution in [0.3, 0.4) is 0 Å². The first-order chi connectivity index (χ1) is 17.4. The highest BCUT2D eigenvalue weighted by molar-refractivity contribution is 8.29. The number of likely N-dealkylation sites (tertiary alicyclic amines) is 2. The lowest BCUT2D eigenvalue weighted by atomic mass is 10.1. The maximum Gasteiger partial charge on any atom is 0.267 e. The monoisotopic (exact) mass is 568 g/mol. The summed E-state index contributed by atoms with van der Waals surface area (Å²) in [6.07, 6.45) is 8.35. The van der Waals surface area contributed by atoms with Crippen LogP contribution in [0.4, 0.5) is 0 Å². The molecule has 36 heavy (non-hydrogen) atoms. The average molecular weight is 569 g/mol. The highest BCUT2D eigenvalue weighted by atomic mass is 32.2. The van der Waals surface area contributed by atoms with Crippen LogP contribution < -0.4 is 0 Å². The number of nitrogens with zero attached hydrogens (tertiary/aromatic N) is 4. The second-order valence-electron chi connectivity index (χ2n) is 9.40. The van der Waals surface area contributed by atoms with Crippen molar-refractivity contribution in [3.05, 3.63) is 9.81 Å². The molecule has 0 spiro atoms. The molecular weight excluding hydrogens is 537 g/mol. The maximum absolute atomic E-state index is 13.1. The molecule has 0 aromatic heterocycles. The van der Waals surface area contributed by atoms with Gasteiger partial charge in [-0.05, 0) is 51.4 Å². The zero-order valence-corrected chi connectivity index (χ0v) is 23.6. The van der Waals surface area contributed by atoms with Gasteiger partial charge in [0, 0.05) is 52.1 Å². The molecule has 4 amide bonds. The number of carbonyl (C=O) groups is 4. The third kappa shape index (κ3) is 6.49. The van der Waals surface area contributed by atoms with Crippen LogP contribution in [0.2, 0.25) is 0 Å². The quantitative estimate of drug-likeness (QED) is 0.325. The minimum absolute atomic E-state index is 0.125. The van der Waals surface area contributed by atoms with Crippen LogP contribution in [0.25, 0.3) is 0 Å². The molecule has 4 aliphatic heterocycles. The summed E-state index contributed by atoms with van der Waals surface area (Å²) in [6, 6.07) is 0. The average Bonchev–Trinajstić information content (AvgIpc) is 3.34. The second-order valence-corrected chi connectivity index (χ2v) is 12.7. The molecule has 0 aromatic carbocycles. The van der Waals surface area contributed by atoms with Crippen LogP contribution in [0.15, 0.2) is 9.81 Å². The van der Waals surface area contributed by atoms with E-state index in [4.69, 9.17) is 24.4 Å². The van der Waals surface area contributed by atoms with Crippen molar-refractivity contribution in [1.29, 1.82) is 0 Å². The fourth-order valence-electron chi connectivity index (χ4n) is 4.84. The number of thiocarbonyl (C=S) groups is 2. The highest BCUT2D eigenvalue weighted by Crippen LogP contribution is 2.42. The van der Waals surface area contributed by atoms with Gasteiger partial charge in [0.25, 0.3) is 11.8 Å². The third-order valence-electron chi connectivity index (χ3n) is 6.87. The molecule has 0 unspecified atom stereocenters. The first kappa shape index (κ1) is 27.5. The Hall–Kier alpha value is -1.50. The molecule has 8 nitrogen and oxygen atoms in total. The van der Waals surface area contributed by atoms with Crippen molar-refractivity contribution in [2.24, 2.45) is 0 Å². The molecule has 4 aliphatic rings. The zero-order chi connectivity index (χ0) is 25.7. The van der Waals surface area contributed by atoms with Crippen LogP contribution in [-0.4, -0.2) is 91.1 Å². The number of piperidine rings is 2. The van der Waals surface area contributed by atoms with Crippen molar-refractivity contribution in [1.82, 2.24) is 19.6 Å². The van der Waals surface area contributed by atoms with Crippen molar-refractivity contribution in [2.45, 2.75) is 64.2 Å². The lowest BCUT2D eigenvalue weighted by molar-refractivity contribution is -0.133. The number of hydrogen-bond acceptors (Lipinski definition) is 8. The Morgan fingerprint density at radius 1 is 0.639 bits per heavy atom. The first-order valence-electron chi connectivity index (χ1n) is 12.7. The number of thioether (sulfide) groups is 2. The molecule has 4 saturated heterocycles. The van der Waals surface area contributed by atoms with Crippen molar-refractivity contribution >= 4 is 80.2 Å². The van der Waals surface area contributed by atoms with Gasteiger partial charge < -0.3 is 9.80 Å². The Morgan fingerprint density at radius 2 is 1.00 bits per heavy atom. The molecule has 0 N–H and O–H groups in total. The van der Waals surface area contributed by atoms with Crippen LogP contribution in [-0.2, 0) is 19.2 Å². The second kappa shape index (κ2) is 12.8. The molecular formula is C24H32N4O4S4. The van der Waals surface area contributed by atoms with E-state index in [0.717, 1.165) is 75.4 Å². The Kier molecular flexibility index (Phi) is 9.82. The van der Waals surface area contributed by atoms with Gasteiger partial charge in [-0.25, -0.2) is 0 Å². The van der Waals surface area contributed by atoms with Gasteiger partial charge in [0.2, 0.25) is 11.8 Å². The van der Waals surface area contributed by atoms with Gasteiger partial charge in [0.15, 0.2) is 0 Å². The third-order valence-corrected chi connectivity index (χ3v) is 9.89. The first-order valence-corrected chi connectivity index (χ1v) is 15.2. The lowest BCUT2D eigenvalue weighted by Gasteiger charge is -2.27. The molecule has 196 valence electrons. The summed E-state index contributed by atoms with van der Waals surface area (Å²) in [4.78, 5) is 58.5. The topological polar surface area (TPSA) is 81.2 Å². The Labute approximate surface area is 231 Å². The number of amides is 4. The molecule has 0 radical (unpaired) electrons. The summed E-state index contributed by atoms with van der Waals surface area (Å²) in [5.41, 5.74) is 0. The van der Waals surface area contributed by atoms with E-state index in [1.54, 1.807) is 0 Å². The van der Waals surface area contributed by atoms with Crippen LogP contribution in [0.1, 0.15) is 64.2 Å². The SMILES string of the molecule is O=C(CCCN1C(=O)C(=C2SC(=S)N(CCCC(=O)N3CCCCC3)C2=O)SC1=S)N1CCCCC1. The van der Waals surface area contributed by atoms with Crippen LogP contribution in [0.5, 0.6) is 0 Å². The molecule has 0 atom stereocenters. The lowest BCUT2D eigenvalue weighted by Crippen LogP contribution is -2.36. The molecule has 4 fully saturated rings. The van der Waals surface area contributed by atoms with Crippen molar-refractivity contribution < 1.29 is 19.2 Å². The highest BCUT2D eigenvalue weighted by Gasteiger charge is 2.41. The normalized spacial score (nSPS) is 23.3. The van der Waals surface area contributed by atoms with E-state index in [1.165, 1.54) is 22.6 Å². The summed E-state index contributed by atoms with van der Waals surface area (Å²) < 4.78 is 0.802. The van der Waals surface area contributed by atoms with E-state index in [1.807, 2.05) is 9.80 Å². The molecule has 12 heteroatoms. The number of rotatable bonds is 8. The van der Waals surface area contributed by atoms with Gasteiger partial charge in [0.05, 0.1) is 9.81 Å². The Bertz CT molecular complexity index is 897. The van der Waals surface area contributed by atoms with Crippen molar-refractivity contribution in [3.8, 4) is 0 Å². The van der Waals surface area contributed by atoms with E-state index < -0.39 is 0 Å². The van der Waals surface area contributed by atoms with Crippen molar-refractivity contribution in [2.75, 3.05) is 39.3 Å². The van der Waals surface area contributed by atoms with Crippen LogP contribution in [0, 0.1) is 0 Å². The predicted molar refractivity (Wildman–Crippen MR) is 150 cm³/mol. The Morgan fingerprint density at radius 3 is 1.36 bits per heavy atom. The van der Waals surface area contributed by atoms with Gasteiger partial charge in [-0.2, -0.15) is 0 Å². The zero-order valence-electron chi connectivity index (χ0n) is 20.4. The van der Waals surface area contributed by atoms with Crippen LogP contribution >= 0.6 is 48.0 Å². The molecule has 0 aromatic rings. The van der Waals surface area contributed by atoms with Gasteiger partial charge in [0.1, 0.15) is 8.64 Å². The summed E-state index contributed by atoms with van der Waals surface area (Å²) >= 11 is 13.1. The van der Waals surface area contributed by atoms with Gasteiger partial charge in [-0.3, -0.25) is 29.0 Å². The fourth-order valence-corrected chi connectivity index (χ4v) is 7.61. The number of carbonyl (C=O) groups excluding carboxylic acids is 4. The van der Waals surface area contributed by atoms with Crippen molar-refractivity contribution in [3.63, 3.8) is 0 Å². The van der Waals surface area contributed by atoms with E-state index in [-0.39, 0.29) is 23.6 Å². The molecule has 0 aliphatic carbocycles. The molecule has 4 rings (SSSR count). The van der Waals surface area contributed by atoms with E-state index in [0.29, 0.717) is 57.2 Å². The standard InChI is InChI=1S/C24H32N4O4S4/c29-17(25-11-3-1-4-12-25)9-7-15-27-21(31)19(35-23(27)33)20-22(32)28(24(34)36-20)16-8-10-18(30)26-13-5-2-6-14-26/h1-16H2. The van der Waals surface area contributed by atoms with E-state index in [2.05, 4.69) is 0 Å². The maximum atomic E-state index is 13.1. The summed E-state index contributed by atoms with van der Waals surface area (Å²) in [6.45, 7) is 3.96. The predicted octanol–water partition coefficient (Wildman–Crippen LogP) is 3.50. The van der Waals surface area contributed by atoms with Gasteiger partial charge in [-0.1, -0.05) is 48.0 Å². The molecule has 0 bridgehead atoms. The molecule has 4 heterocycles. The summed E-state index contributed by atoms with van der Waals surface area (Å²) in [7, 11) is 0. The fraction of sp³-hybridized carbons (Fsp3) is 0.667. The number of hydrogen-bond donors (Lipinski definition) is 0. The van der Waals surface area contributed by atoms with Gasteiger partial charge in [-0.15, -0.1) is 0 Å². The minimum atomic E-state index is -0.295. The smallest absolute Gasteiger partial charge is 0.267 e. The molecule has 0 saturated carbocycles. The van der Waals surface area contributed by atoms with E-state index >= 15 is 0 Å². The Balaban J connectivity index is 1.28. The van der Waals surface area contributed by atoms with E-state index in [9.17, 15) is 19.2 Å². The summed E-state index contributed by atoms with van der Waals surface area (Å²) in [5, 5.41) is 0. The largest absolute Gasteiger partial charge is 0.343 e. The minimum Gasteiger partial charge on any atom is -0.343 e. The van der Waals surface area contributed by atoms with Gasteiger partial charge >= 0.3 is 0 Å².